The first-order chi connectivity index (χ1) is 15.6. The SMILES string of the molecule is Cc1ccccc1C[C@](NC(=O)C1CC1)(c1cc(F)cc(C(F)(F)F)c1)c1ccc(Cl)cn1. The summed E-state index contributed by atoms with van der Waals surface area (Å²) in [5, 5.41) is 3.27. The molecule has 0 saturated heterocycles. The molecule has 1 saturated carbocycles. The van der Waals surface area contributed by atoms with Crippen molar-refractivity contribution in [2.24, 2.45) is 5.92 Å². The van der Waals surface area contributed by atoms with E-state index in [1.807, 2.05) is 25.1 Å². The van der Waals surface area contributed by atoms with E-state index in [0.29, 0.717) is 23.9 Å². The lowest BCUT2D eigenvalue weighted by atomic mass is 9.78. The van der Waals surface area contributed by atoms with E-state index in [4.69, 9.17) is 11.6 Å². The van der Waals surface area contributed by atoms with E-state index in [-0.39, 0.29) is 29.5 Å². The summed E-state index contributed by atoms with van der Waals surface area (Å²) in [5.41, 5.74) is -0.795. The number of hydrogen-bond acceptors (Lipinski definition) is 2. The second kappa shape index (κ2) is 8.78. The first kappa shape index (κ1) is 23.2. The number of nitrogens with zero attached hydrogens (tertiary/aromatic N) is 1. The van der Waals surface area contributed by atoms with Gasteiger partial charge in [0.15, 0.2) is 0 Å². The van der Waals surface area contributed by atoms with Gasteiger partial charge in [-0.15, -0.1) is 0 Å². The average molecular weight is 477 g/mol. The molecule has 1 aliphatic rings. The molecule has 0 aliphatic heterocycles. The van der Waals surface area contributed by atoms with E-state index < -0.39 is 23.1 Å². The molecule has 172 valence electrons. The molecule has 1 heterocycles. The molecule has 1 aromatic heterocycles. The fourth-order valence-corrected chi connectivity index (χ4v) is 4.01. The van der Waals surface area contributed by atoms with Gasteiger partial charge in [-0.3, -0.25) is 9.78 Å². The maximum atomic E-state index is 14.5. The number of carbonyl (C=O) groups is 1. The Morgan fingerprint density at radius 3 is 2.39 bits per heavy atom. The van der Waals surface area contributed by atoms with Crippen LogP contribution < -0.4 is 5.32 Å². The van der Waals surface area contributed by atoms with Gasteiger partial charge in [-0.25, -0.2) is 4.39 Å². The highest BCUT2D eigenvalue weighted by molar-refractivity contribution is 6.30. The Bertz CT molecular complexity index is 1180. The number of benzene rings is 2. The van der Waals surface area contributed by atoms with Gasteiger partial charge in [0, 0.05) is 18.5 Å². The van der Waals surface area contributed by atoms with Gasteiger partial charge in [0.05, 0.1) is 16.3 Å². The molecule has 2 aromatic carbocycles. The fraction of sp³-hybridized carbons (Fsp3) is 0.280. The summed E-state index contributed by atoms with van der Waals surface area (Å²) in [5.74, 6) is -1.59. The molecule has 33 heavy (non-hydrogen) atoms. The fourth-order valence-electron chi connectivity index (χ4n) is 3.90. The maximum absolute atomic E-state index is 14.5. The summed E-state index contributed by atoms with van der Waals surface area (Å²) in [6, 6.07) is 12.8. The molecule has 8 heteroatoms. The Labute approximate surface area is 193 Å². The topological polar surface area (TPSA) is 42.0 Å². The summed E-state index contributed by atoms with van der Waals surface area (Å²) in [7, 11) is 0. The predicted octanol–water partition coefficient (Wildman–Crippen LogP) is 6.21. The highest BCUT2D eigenvalue weighted by Crippen LogP contribution is 2.39. The van der Waals surface area contributed by atoms with Gasteiger partial charge in [-0.1, -0.05) is 35.9 Å². The lowest BCUT2D eigenvalue weighted by Gasteiger charge is -2.36. The van der Waals surface area contributed by atoms with Crippen LogP contribution >= 0.6 is 11.6 Å². The number of rotatable bonds is 6. The monoisotopic (exact) mass is 476 g/mol. The normalized spacial score (nSPS) is 15.7. The van der Waals surface area contributed by atoms with Gasteiger partial charge in [0.1, 0.15) is 11.4 Å². The third-order valence-electron chi connectivity index (χ3n) is 5.88. The van der Waals surface area contributed by atoms with Crippen LogP contribution in [0, 0.1) is 18.7 Å². The van der Waals surface area contributed by atoms with Crippen molar-refractivity contribution in [2.75, 3.05) is 0 Å². The minimum Gasteiger partial charge on any atom is -0.340 e. The van der Waals surface area contributed by atoms with E-state index >= 15 is 0 Å². The van der Waals surface area contributed by atoms with Crippen molar-refractivity contribution in [1.29, 1.82) is 0 Å². The number of amides is 1. The number of alkyl halides is 3. The summed E-state index contributed by atoms with van der Waals surface area (Å²) >= 11 is 6.01. The molecule has 1 amide bonds. The van der Waals surface area contributed by atoms with Gasteiger partial charge in [0.25, 0.3) is 0 Å². The van der Waals surface area contributed by atoms with Crippen LogP contribution in [-0.4, -0.2) is 10.9 Å². The predicted molar refractivity (Wildman–Crippen MR) is 117 cm³/mol. The van der Waals surface area contributed by atoms with Gasteiger partial charge in [-0.2, -0.15) is 13.2 Å². The highest BCUT2D eigenvalue weighted by Gasteiger charge is 2.43. The largest absolute Gasteiger partial charge is 0.416 e. The minimum atomic E-state index is -4.76. The van der Waals surface area contributed by atoms with Crippen LogP contribution in [-0.2, 0) is 22.9 Å². The van der Waals surface area contributed by atoms with Crippen LogP contribution in [0.1, 0.15) is 40.8 Å². The number of hydrogen-bond donors (Lipinski definition) is 1. The first-order valence-corrected chi connectivity index (χ1v) is 10.8. The summed E-state index contributed by atoms with van der Waals surface area (Å²) in [6.07, 6.45) is -1.95. The van der Waals surface area contributed by atoms with E-state index in [0.717, 1.165) is 23.3 Å². The first-order valence-electron chi connectivity index (χ1n) is 10.5. The van der Waals surface area contributed by atoms with Gasteiger partial charge in [0.2, 0.25) is 5.91 Å². The summed E-state index contributed by atoms with van der Waals surface area (Å²) in [4.78, 5) is 17.4. The van der Waals surface area contributed by atoms with Gasteiger partial charge < -0.3 is 5.32 Å². The minimum absolute atomic E-state index is 0.0399. The van der Waals surface area contributed by atoms with Crippen LogP contribution in [0.15, 0.2) is 60.8 Å². The van der Waals surface area contributed by atoms with E-state index in [2.05, 4.69) is 10.3 Å². The zero-order valence-electron chi connectivity index (χ0n) is 17.7. The maximum Gasteiger partial charge on any atom is 0.416 e. The number of pyridine rings is 1. The number of halogens is 5. The second-order valence-corrected chi connectivity index (χ2v) is 8.80. The Morgan fingerprint density at radius 2 is 1.79 bits per heavy atom. The van der Waals surface area contributed by atoms with Crippen molar-refractivity contribution in [2.45, 2.75) is 37.9 Å². The van der Waals surface area contributed by atoms with Crippen LogP contribution in [0.2, 0.25) is 5.02 Å². The molecule has 1 atom stereocenters. The molecule has 3 aromatic rings. The molecule has 0 radical (unpaired) electrons. The molecular weight excluding hydrogens is 456 g/mol. The molecule has 1 fully saturated rings. The van der Waals surface area contributed by atoms with Crippen LogP contribution in [0.5, 0.6) is 0 Å². The van der Waals surface area contributed by atoms with Crippen molar-refractivity contribution in [3.05, 3.63) is 99.6 Å². The van der Waals surface area contributed by atoms with Gasteiger partial charge in [-0.05, 0) is 66.8 Å². The quantitative estimate of drug-likeness (QED) is 0.429. The van der Waals surface area contributed by atoms with Crippen molar-refractivity contribution in [3.63, 3.8) is 0 Å². The lowest BCUT2D eigenvalue weighted by molar-refractivity contribution is -0.137. The summed E-state index contributed by atoms with van der Waals surface area (Å²) in [6.45, 7) is 1.87. The number of aryl methyl sites for hydroxylation is 1. The molecule has 1 N–H and O–H groups in total. The standard InChI is InChI=1S/C25H21ClF4N2O/c1-15-4-2-3-5-17(15)13-24(32-23(33)16-6-7-16,22-9-8-20(26)14-31-22)18-10-19(25(28,29)30)12-21(27)11-18/h2-5,8-12,14,16H,6-7,13H2,1H3,(H,32,33)/t24-/m0/s1. The average Bonchev–Trinajstić information content (AvgIpc) is 3.60. The number of nitrogens with one attached hydrogen (secondary N) is 1. The van der Waals surface area contributed by atoms with Crippen molar-refractivity contribution in [3.8, 4) is 0 Å². The lowest BCUT2D eigenvalue weighted by Crippen LogP contribution is -2.50. The van der Waals surface area contributed by atoms with Crippen molar-refractivity contribution >= 4 is 17.5 Å². The Morgan fingerprint density at radius 1 is 1.09 bits per heavy atom. The molecule has 0 spiro atoms. The zero-order chi connectivity index (χ0) is 23.8. The zero-order valence-corrected chi connectivity index (χ0v) is 18.5. The van der Waals surface area contributed by atoms with Crippen LogP contribution in [0.4, 0.5) is 17.6 Å². The van der Waals surface area contributed by atoms with E-state index in [1.165, 1.54) is 6.20 Å². The van der Waals surface area contributed by atoms with E-state index in [9.17, 15) is 22.4 Å². The molecule has 1 aliphatic carbocycles. The molecule has 0 unspecified atom stereocenters. The molecule has 0 bridgehead atoms. The highest BCUT2D eigenvalue weighted by atomic mass is 35.5. The van der Waals surface area contributed by atoms with Crippen molar-refractivity contribution in [1.82, 2.24) is 10.3 Å². The van der Waals surface area contributed by atoms with Crippen LogP contribution in [0.25, 0.3) is 0 Å². The third kappa shape index (κ3) is 5.03. The van der Waals surface area contributed by atoms with Crippen LogP contribution in [0.3, 0.4) is 0 Å². The van der Waals surface area contributed by atoms with Crippen molar-refractivity contribution < 1.29 is 22.4 Å². The summed E-state index contributed by atoms with van der Waals surface area (Å²) < 4.78 is 55.3. The number of aromatic nitrogens is 1. The molecule has 4 rings (SSSR count). The Hall–Kier alpha value is -2.93. The second-order valence-electron chi connectivity index (χ2n) is 8.36. The molecular formula is C25H21ClF4N2O. The third-order valence-corrected chi connectivity index (χ3v) is 6.11. The Balaban J connectivity index is 1.98. The number of carbonyl (C=O) groups excluding carboxylic acids is 1. The molecule has 3 nitrogen and oxygen atoms in total. The van der Waals surface area contributed by atoms with Gasteiger partial charge >= 0.3 is 6.18 Å². The van der Waals surface area contributed by atoms with E-state index in [1.54, 1.807) is 18.2 Å². The smallest absolute Gasteiger partial charge is 0.340 e. The Kier molecular flexibility index (Phi) is 6.18.